The van der Waals surface area contributed by atoms with Crippen LogP contribution in [0, 0.1) is 11.3 Å². The fourth-order valence-corrected chi connectivity index (χ4v) is 3.22. The van der Waals surface area contributed by atoms with E-state index in [1.54, 1.807) is 11.8 Å². The lowest BCUT2D eigenvalue weighted by atomic mass is 9.75. The average molecular weight is 244 g/mol. The zero-order chi connectivity index (χ0) is 11.6. The van der Waals surface area contributed by atoms with E-state index >= 15 is 0 Å². The van der Waals surface area contributed by atoms with Gasteiger partial charge in [0.05, 0.1) is 11.5 Å². The second-order valence-corrected chi connectivity index (χ2v) is 5.92. The molecule has 1 saturated heterocycles. The van der Waals surface area contributed by atoms with Crippen molar-refractivity contribution < 1.29 is 14.6 Å². The van der Waals surface area contributed by atoms with Crippen LogP contribution in [0.3, 0.4) is 0 Å². The number of thioether (sulfide) groups is 1. The SMILES string of the molecule is CSCCCC1(C(=O)O)CCOC1C1CC1. The van der Waals surface area contributed by atoms with Crippen LogP contribution in [-0.4, -0.2) is 35.8 Å². The number of ether oxygens (including phenoxy) is 1. The number of hydrogen-bond acceptors (Lipinski definition) is 3. The van der Waals surface area contributed by atoms with Gasteiger partial charge in [0, 0.05) is 6.61 Å². The molecule has 2 unspecified atom stereocenters. The van der Waals surface area contributed by atoms with E-state index in [1.165, 1.54) is 0 Å². The molecule has 0 amide bonds. The average Bonchev–Trinajstić information content (AvgIpc) is 3.00. The Bertz CT molecular complexity index is 265. The third kappa shape index (κ3) is 2.23. The second kappa shape index (κ2) is 4.96. The fraction of sp³-hybridized carbons (Fsp3) is 0.917. The molecule has 92 valence electrons. The van der Waals surface area contributed by atoms with Crippen molar-refractivity contribution in [2.75, 3.05) is 18.6 Å². The summed E-state index contributed by atoms with van der Waals surface area (Å²) in [6.45, 7) is 0.632. The van der Waals surface area contributed by atoms with E-state index in [4.69, 9.17) is 4.74 Å². The molecule has 3 nitrogen and oxygen atoms in total. The summed E-state index contributed by atoms with van der Waals surface area (Å²) >= 11 is 1.79. The van der Waals surface area contributed by atoms with Gasteiger partial charge in [-0.1, -0.05) is 0 Å². The molecular formula is C12H20O3S. The molecular weight excluding hydrogens is 224 g/mol. The first kappa shape index (κ1) is 12.2. The molecule has 16 heavy (non-hydrogen) atoms. The van der Waals surface area contributed by atoms with Crippen molar-refractivity contribution >= 4 is 17.7 Å². The van der Waals surface area contributed by atoms with Gasteiger partial charge in [0.25, 0.3) is 0 Å². The molecule has 0 aromatic carbocycles. The van der Waals surface area contributed by atoms with E-state index in [9.17, 15) is 9.90 Å². The van der Waals surface area contributed by atoms with Crippen LogP contribution in [0.4, 0.5) is 0 Å². The zero-order valence-corrected chi connectivity index (χ0v) is 10.6. The Hall–Kier alpha value is -0.220. The molecule has 1 aliphatic heterocycles. The highest BCUT2D eigenvalue weighted by Crippen LogP contribution is 2.50. The van der Waals surface area contributed by atoms with Crippen molar-refractivity contribution in [1.82, 2.24) is 0 Å². The van der Waals surface area contributed by atoms with Crippen LogP contribution >= 0.6 is 11.8 Å². The lowest BCUT2D eigenvalue weighted by molar-refractivity contribution is -0.154. The smallest absolute Gasteiger partial charge is 0.312 e. The van der Waals surface area contributed by atoms with Gasteiger partial charge < -0.3 is 9.84 Å². The van der Waals surface area contributed by atoms with Gasteiger partial charge in [0.1, 0.15) is 0 Å². The minimum atomic E-state index is -0.636. The molecule has 0 aromatic rings. The predicted molar refractivity (Wildman–Crippen MR) is 64.8 cm³/mol. The van der Waals surface area contributed by atoms with Crippen LogP contribution in [0.25, 0.3) is 0 Å². The Morgan fingerprint density at radius 2 is 2.31 bits per heavy atom. The minimum absolute atomic E-state index is 0.00754. The van der Waals surface area contributed by atoms with Gasteiger partial charge in [0.15, 0.2) is 0 Å². The molecule has 2 aliphatic rings. The van der Waals surface area contributed by atoms with Crippen molar-refractivity contribution in [3.8, 4) is 0 Å². The van der Waals surface area contributed by atoms with Crippen molar-refractivity contribution in [2.24, 2.45) is 11.3 Å². The molecule has 0 aromatic heterocycles. The first-order valence-corrected chi connectivity index (χ1v) is 7.44. The maximum absolute atomic E-state index is 11.6. The van der Waals surface area contributed by atoms with Gasteiger partial charge in [-0.2, -0.15) is 11.8 Å². The number of hydrogen-bond donors (Lipinski definition) is 1. The maximum Gasteiger partial charge on any atom is 0.312 e. The van der Waals surface area contributed by atoms with Crippen LogP contribution < -0.4 is 0 Å². The van der Waals surface area contributed by atoms with Gasteiger partial charge in [0.2, 0.25) is 0 Å². The van der Waals surface area contributed by atoms with Crippen molar-refractivity contribution in [3.05, 3.63) is 0 Å². The molecule has 1 aliphatic carbocycles. The van der Waals surface area contributed by atoms with E-state index in [0.717, 1.165) is 31.4 Å². The first-order chi connectivity index (χ1) is 7.70. The molecule has 1 saturated carbocycles. The molecule has 2 fully saturated rings. The lowest BCUT2D eigenvalue weighted by Crippen LogP contribution is -2.40. The van der Waals surface area contributed by atoms with Crippen molar-refractivity contribution in [2.45, 2.75) is 38.2 Å². The molecule has 0 bridgehead atoms. The van der Waals surface area contributed by atoms with Crippen LogP contribution in [0.15, 0.2) is 0 Å². The van der Waals surface area contributed by atoms with Crippen LogP contribution in [0.5, 0.6) is 0 Å². The van der Waals surface area contributed by atoms with E-state index in [1.807, 2.05) is 0 Å². The molecule has 2 rings (SSSR count). The highest BCUT2D eigenvalue weighted by molar-refractivity contribution is 7.98. The standard InChI is InChI=1S/C12H20O3S/c1-16-8-2-5-12(11(13)14)6-7-15-10(12)9-3-4-9/h9-10H,2-8H2,1H3,(H,13,14). The maximum atomic E-state index is 11.6. The third-order valence-electron chi connectivity index (χ3n) is 3.84. The van der Waals surface area contributed by atoms with Crippen LogP contribution in [0.2, 0.25) is 0 Å². The highest BCUT2D eigenvalue weighted by Gasteiger charge is 2.55. The Balaban J connectivity index is 2.04. The number of rotatable bonds is 6. The van der Waals surface area contributed by atoms with E-state index in [0.29, 0.717) is 18.9 Å². The van der Waals surface area contributed by atoms with Crippen molar-refractivity contribution in [3.63, 3.8) is 0 Å². The summed E-state index contributed by atoms with van der Waals surface area (Å²) in [5, 5.41) is 9.52. The summed E-state index contributed by atoms with van der Waals surface area (Å²) in [5.41, 5.74) is -0.573. The lowest BCUT2D eigenvalue weighted by Gasteiger charge is -2.29. The quantitative estimate of drug-likeness (QED) is 0.729. The van der Waals surface area contributed by atoms with Crippen LogP contribution in [0.1, 0.15) is 32.1 Å². The number of aliphatic carboxylic acids is 1. The van der Waals surface area contributed by atoms with Crippen LogP contribution in [-0.2, 0) is 9.53 Å². The largest absolute Gasteiger partial charge is 0.481 e. The van der Waals surface area contributed by atoms with Gasteiger partial charge in [-0.3, -0.25) is 4.79 Å². The van der Waals surface area contributed by atoms with Gasteiger partial charge >= 0.3 is 5.97 Å². The topological polar surface area (TPSA) is 46.5 Å². The Kier molecular flexibility index (Phi) is 3.80. The summed E-state index contributed by atoms with van der Waals surface area (Å²) in [6, 6.07) is 0. The zero-order valence-electron chi connectivity index (χ0n) is 9.78. The summed E-state index contributed by atoms with van der Waals surface area (Å²) in [6.07, 6.45) is 6.84. The summed E-state index contributed by atoms with van der Waals surface area (Å²) in [5.74, 6) is 0.933. The van der Waals surface area contributed by atoms with Gasteiger partial charge in [-0.15, -0.1) is 0 Å². The van der Waals surface area contributed by atoms with Gasteiger partial charge in [-0.25, -0.2) is 0 Å². The van der Waals surface area contributed by atoms with Crippen molar-refractivity contribution in [1.29, 1.82) is 0 Å². The Morgan fingerprint density at radius 3 is 2.88 bits per heavy atom. The minimum Gasteiger partial charge on any atom is -0.481 e. The third-order valence-corrected chi connectivity index (χ3v) is 4.53. The molecule has 0 radical (unpaired) electrons. The summed E-state index contributed by atoms with van der Waals surface area (Å²) < 4.78 is 5.70. The fourth-order valence-electron chi connectivity index (χ4n) is 2.79. The van der Waals surface area contributed by atoms with E-state index < -0.39 is 11.4 Å². The summed E-state index contributed by atoms with van der Waals surface area (Å²) in [4.78, 5) is 11.6. The molecule has 1 heterocycles. The van der Waals surface area contributed by atoms with Gasteiger partial charge in [-0.05, 0) is 50.0 Å². The molecule has 4 heteroatoms. The monoisotopic (exact) mass is 244 g/mol. The summed E-state index contributed by atoms with van der Waals surface area (Å²) in [7, 11) is 0. The number of carboxylic acid groups (broad SMARTS) is 1. The predicted octanol–water partition coefficient (Wildman–Crippen LogP) is 2.40. The highest BCUT2D eigenvalue weighted by atomic mass is 32.2. The Morgan fingerprint density at radius 1 is 1.56 bits per heavy atom. The Labute approximate surface area is 101 Å². The number of carbonyl (C=O) groups is 1. The molecule has 0 spiro atoms. The molecule has 1 N–H and O–H groups in total. The normalized spacial score (nSPS) is 34.2. The molecule has 2 atom stereocenters. The van der Waals surface area contributed by atoms with E-state index in [-0.39, 0.29) is 6.10 Å². The second-order valence-electron chi connectivity index (χ2n) is 4.94. The first-order valence-electron chi connectivity index (χ1n) is 6.04. The number of carboxylic acids is 1. The van der Waals surface area contributed by atoms with E-state index in [2.05, 4.69) is 6.26 Å².